The van der Waals surface area contributed by atoms with Crippen LogP contribution in [0.3, 0.4) is 0 Å². The maximum Gasteiger partial charge on any atom is 0.618 e. The Morgan fingerprint density at radius 1 is 1.36 bits per heavy atom. The summed E-state index contributed by atoms with van der Waals surface area (Å²) in [5, 5.41) is 0. The Morgan fingerprint density at radius 2 is 1.82 bits per heavy atom. The Labute approximate surface area is 84.8 Å². The second-order valence-corrected chi connectivity index (χ2v) is 4.54. The van der Waals surface area contributed by atoms with Gasteiger partial charge in [-0.2, -0.15) is 0 Å². The quantitative estimate of drug-likeness (QED) is 0.649. The fourth-order valence-electron chi connectivity index (χ4n) is 0.741. The van der Waals surface area contributed by atoms with Crippen LogP contribution in [0.25, 0.3) is 0 Å². The molecule has 1 aliphatic rings. The third kappa shape index (κ3) is 7.62. The molecular formula is C6H11Cl2MgO2. The first-order chi connectivity index (χ1) is 5.35. The molecule has 2 nitrogen and oxygen atoms in total. The summed E-state index contributed by atoms with van der Waals surface area (Å²) < 4.78 is 10.3. The van der Waals surface area contributed by atoms with E-state index in [-0.39, 0.29) is 6.29 Å². The molecule has 11 heavy (non-hydrogen) atoms. The van der Waals surface area contributed by atoms with Crippen molar-refractivity contribution >= 4 is 36.3 Å². The van der Waals surface area contributed by atoms with E-state index in [0.29, 0.717) is 0 Å². The normalized spacial score (nSPS) is 17.0. The minimum absolute atomic E-state index is 0.0486. The lowest BCUT2D eigenvalue weighted by atomic mass is 10.3. The molecule has 63 valence electrons. The zero-order valence-electron chi connectivity index (χ0n) is 6.39. The molecular weight excluding hydrogens is 199 g/mol. The molecule has 0 amide bonds. The standard InChI is InChI=1S/C6H11O2.2ClH.Mg/c1-2-3-6-7-4-5-8-6;;;/h6H,1-5H2;2*1H;/q;;;+2/p-2. The molecule has 1 fully saturated rings. The highest BCUT2D eigenvalue weighted by molar-refractivity contribution is 7.22. The fourth-order valence-corrected chi connectivity index (χ4v) is 0.741. The molecule has 1 rings (SSSR count). The molecule has 0 aromatic carbocycles. The number of ether oxygens (including phenoxy) is 2. The van der Waals surface area contributed by atoms with E-state index >= 15 is 0 Å². The summed E-state index contributed by atoms with van der Waals surface area (Å²) in [7, 11) is 9.81. The maximum absolute atomic E-state index is 5.13. The van der Waals surface area contributed by atoms with E-state index in [1.807, 2.05) is 0 Å². The van der Waals surface area contributed by atoms with Gasteiger partial charge in [-0.05, 0) is 12.8 Å². The van der Waals surface area contributed by atoms with Crippen LogP contribution in [0.1, 0.15) is 12.8 Å². The Hall–Kier alpha value is 1.27. The molecule has 0 atom stereocenters. The van der Waals surface area contributed by atoms with Gasteiger partial charge in [-0.3, -0.25) is 0 Å². The van der Waals surface area contributed by atoms with Crippen molar-refractivity contribution in [1.29, 1.82) is 0 Å². The lowest BCUT2D eigenvalue weighted by Crippen LogP contribution is -2.05. The van der Waals surface area contributed by atoms with Crippen molar-refractivity contribution in [1.82, 2.24) is 0 Å². The highest BCUT2D eigenvalue weighted by atomic mass is 35.6. The molecule has 0 aromatic rings. The minimum atomic E-state index is -0.639. The molecule has 0 spiro atoms. The summed E-state index contributed by atoms with van der Waals surface area (Å²) in [6, 6.07) is 0. The second kappa shape index (κ2) is 9.35. The summed E-state index contributed by atoms with van der Waals surface area (Å²) in [5.41, 5.74) is 0. The van der Waals surface area contributed by atoms with Gasteiger partial charge >= 0.3 is 18.2 Å². The van der Waals surface area contributed by atoms with E-state index in [1.165, 1.54) is 0 Å². The molecule has 0 aromatic heterocycles. The largest absolute Gasteiger partial charge is 0.618 e. The Balaban J connectivity index is 0.000000292. The summed E-state index contributed by atoms with van der Waals surface area (Å²) in [6.07, 6.45) is 1.87. The molecule has 0 N–H and O–H groups in total. The van der Waals surface area contributed by atoms with Crippen LogP contribution >= 0.6 is 18.1 Å². The van der Waals surface area contributed by atoms with E-state index in [0.717, 1.165) is 26.1 Å². The predicted molar refractivity (Wildman–Crippen MR) is 47.7 cm³/mol. The van der Waals surface area contributed by atoms with Crippen molar-refractivity contribution in [2.24, 2.45) is 0 Å². The van der Waals surface area contributed by atoms with E-state index in [4.69, 9.17) is 27.6 Å². The smallest absolute Gasteiger partial charge is 0.350 e. The molecule has 1 saturated heterocycles. The zero-order valence-corrected chi connectivity index (χ0v) is 9.32. The summed E-state index contributed by atoms with van der Waals surface area (Å²) >= 11 is -0.639. The van der Waals surface area contributed by atoms with Crippen LogP contribution in [0.5, 0.6) is 0 Å². The molecule has 1 aliphatic heterocycles. The summed E-state index contributed by atoms with van der Waals surface area (Å²) in [5.74, 6) is 0. The van der Waals surface area contributed by atoms with Crippen LogP contribution in [-0.2, 0) is 9.47 Å². The molecule has 1 radical (unpaired) electrons. The maximum atomic E-state index is 5.13. The van der Waals surface area contributed by atoms with Crippen LogP contribution in [0.4, 0.5) is 0 Å². The van der Waals surface area contributed by atoms with Crippen LogP contribution in [0, 0.1) is 6.92 Å². The third-order valence-corrected chi connectivity index (χ3v) is 1.13. The number of halogens is 2. The molecule has 0 saturated carbocycles. The highest BCUT2D eigenvalue weighted by Gasteiger charge is 2.13. The monoisotopic (exact) mass is 209 g/mol. The lowest BCUT2D eigenvalue weighted by molar-refractivity contribution is -0.0458. The van der Waals surface area contributed by atoms with Gasteiger partial charge in [0, 0.05) is 0 Å². The number of hydrogen-bond acceptors (Lipinski definition) is 2. The minimum Gasteiger partial charge on any atom is -0.350 e. The van der Waals surface area contributed by atoms with Crippen LogP contribution < -0.4 is 0 Å². The van der Waals surface area contributed by atoms with Gasteiger partial charge in [0.25, 0.3) is 0 Å². The Morgan fingerprint density at radius 3 is 2.18 bits per heavy atom. The zero-order chi connectivity index (χ0) is 8.53. The number of rotatable bonds is 2. The Bertz CT molecular complexity index is 79.0. The van der Waals surface area contributed by atoms with Crippen molar-refractivity contribution in [3.8, 4) is 0 Å². The topological polar surface area (TPSA) is 18.5 Å². The predicted octanol–water partition coefficient (Wildman–Crippen LogP) is 1.97. The van der Waals surface area contributed by atoms with Crippen molar-refractivity contribution in [3.05, 3.63) is 6.92 Å². The van der Waals surface area contributed by atoms with Gasteiger partial charge in [0.05, 0.1) is 13.2 Å². The average molecular weight is 210 g/mol. The molecule has 1 heterocycles. The van der Waals surface area contributed by atoms with E-state index in [1.54, 1.807) is 0 Å². The molecule has 0 bridgehead atoms. The van der Waals surface area contributed by atoms with Crippen molar-refractivity contribution in [2.45, 2.75) is 19.1 Å². The molecule has 0 aliphatic carbocycles. The van der Waals surface area contributed by atoms with Gasteiger partial charge in [0.15, 0.2) is 6.29 Å². The summed E-state index contributed by atoms with van der Waals surface area (Å²) in [4.78, 5) is 0. The SMILES string of the molecule is [CH2]CCC1OCCO1.[Cl][Mg][Cl]. The fraction of sp³-hybridized carbons (Fsp3) is 0.833. The number of hydrogen-bond donors (Lipinski definition) is 0. The van der Waals surface area contributed by atoms with Gasteiger partial charge in [0.1, 0.15) is 0 Å². The molecule has 0 unspecified atom stereocenters. The van der Waals surface area contributed by atoms with Gasteiger partial charge in [-0.25, -0.2) is 0 Å². The van der Waals surface area contributed by atoms with E-state index in [2.05, 4.69) is 6.92 Å². The van der Waals surface area contributed by atoms with Crippen molar-refractivity contribution in [2.75, 3.05) is 13.2 Å². The van der Waals surface area contributed by atoms with E-state index < -0.39 is 18.2 Å². The van der Waals surface area contributed by atoms with Crippen LogP contribution in [0.2, 0.25) is 0 Å². The van der Waals surface area contributed by atoms with Gasteiger partial charge in [0.2, 0.25) is 0 Å². The van der Waals surface area contributed by atoms with Gasteiger partial charge < -0.3 is 27.6 Å². The van der Waals surface area contributed by atoms with Crippen molar-refractivity contribution < 1.29 is 9.47 Å². The lowest BCUT2D eigenvalue weighted by Gasteiger charge is -2.04. The van der Waals surface area contributed by atoms with E-state index in [9.17, 15) is 0 Å². The van der Waals surface area contributed by atoms with Gasteiger partial charge in [-0.1, -0.05) is 6.92 Å². The summed E-state index contributed by atoms with van der Waals surface area (Å²) in [6.45, 7) is 5.20. The Kier molecular flexibility index (Phi) is 10.4. The van der Waals surface area contributed by atoms with Crippen LogP contribution in [-0.4, -0.2) is 37.7 Å². The third-order valence-electron chi connectivity index (χ3n) is 1.13. The van der Waals surface area contributed by atoms with Gasteiger partial charge in [-0.15, -0.1) is 0 Å². The molecule has 5 heteroatoms. The highest BCUT2D eigenvalue weighted by Crippen LogP contribution is 2.08. The average Bonchev–Trinajstić information content (AvgIpc) is 2.42. The first kappa shape index (κ1) is 12.3. The van der Waals surface area contributed by atoms with Crippen molar-refractivity contribution in [3.63, 3.8) is 0 Å². The first-order valence-electron chi connectivity index (χ1n) is 3.49. The van der Waals surface area contributed by atoms with Crippen LogP contribution in [0.15, 0.2) is 0 Å². The second-order valence-electron chi connectivity index (χ2n) is 1.91. The first-order valence-corrected chi connectivity index (χ1v) is 7.77.